The fourth-order valence-electron chi connectivity index (χ4n) is 1.96. The summed E-state index contributed by atoms with van der Waals surface area (Å²) < 4.78 is 26.1. The summed E-state index contributed by atoms with van der Waals surface area (Å²) in [5.41, 5.74) is 1.63. The van der Waals surface area contributed by atoms with E-state index in [0.29, 0.717) is 11.3 Å². The number of hydrogen-bond donors (Lipinski definition) is 1. The van der Waals surface area contributed by atoms with Gasteiger partial charge in [-0.2, -0.15) is 0 Å². The standard InChI is InChI=1S/C16H16F2OS/c1-11-4-2-3-5-16(11)20-10-15(19)8-12-6-13(17)9-14(18)7-12/h2-7,9,15,19H,8,10H2,1H3. The molecule has 2 rings (SSSR count). The van der Waals surface area contributed by atoms with E-state index in [-0.39, 0.29) is 6.42 Å². The number of thioether (sulfide) groups is 1. The molecule has 1 unspecified atom stereocenters. The highest BCUT2D eigenvalue weighted by atomic mass is 32.2. The Kier molecular flexibility index (Phi) is 5.15. The molecule has 0 aromatic heterocycles. The van der Waals surface area contributed by atoms with Crippen LogP contribution in [0, 0.1) is 18.6 Å². The van der Waals surface area contributed by atoms with Gasteiger partial charge in [-0.05, 0) is 42.7 Å². The summed E-state index contributed by atoms with van der Waals surface area (Å²) in [6.07, 6.45) is -0.395. The summed E-state index contributed by atoms with van der Waals surface area (Å²) in [4.78, 5) is 1.11. The van der Waals surface area contributed by atoms with Crippen LogP contribution < -0.4 is 0 Å². The molecule has 0 spiro atoms. The molecule has 0 bridgehead atoms. The fourth-order valence-corrected chi connectivity index (χ4v) is 2.92. The largest absolute Gasteiger partial charge is 0.392 e. The summed E-state index contributed by atoms with van der Waals surface area (Å²) in [7, 11) is 0. The zero-order chi connectivity index (χ0) is 14.5. The van der Waals surface area contributed by atoms with E-state index < -0.39 is 17.7 Å². The lowest BCUT2D eigenvalue weighted by Crippen LogP contribution is -2.14. The van der Waals surface area contributed by atoms with Crippen molar-refractivity contribution in [1.82, 2.24) is 0 Å². The molecule has 4 heteroatoms. The van der Waals surface area contributed by atoms with Gasteiger partial charge in [-0.15, -0.1) is 11.8 Å². The molecule has 0 heterocycles. The van der Waals surface area contributed by atoms with Gasteiger partial charge in [-0.1, -0.05) is 18.2 Å². The van der Waals surface area contributed by atoms with E-state index in [1.165, 1.54) is 12.1 Å². The van der Waals surface area contributed by atoms with Gasteiger partial charge in [0.1, 0.15) is 11.6 Å². The average molecular weight is 294 g/mol. The number of hydrogen-bond acceptors (Lipinski definition) is 2. The molecule has 0 aliphatic carbocycles. The monoisotopic (exact) mass is 294 g/mol. The zero-order valence-corrected chi connectivity index (χ0v) is 12.0. The first-order chi connectivity index (χ1) is 9.54. The van der Waals surface area contributed by atoms with Crippen molar-refractivity contribution >= 4 is 11.8 Å². The molecule has 0 aliphatic heterocycles. The molecule has 1 nitrogen and oxygen atoms in total. The van der Waals surface area contributed by atoms with Gasteiger partial charge in [0, 0.05) is 16.7 Å². The Hall–Kier alpha value is -1.39. The Balaban J connectivity index is 1.92. The molecule has 0 radical (unpaired) electrons. The number of rotatable bonds is 5. The maximum Gasteiger partial charge on any atom is 0.126 e. The van der Waals surface area contributed by atoms with Crippen molar-refractivity contribution in [3.05, 3.63) is 65.2 Å². The van der Waals surface area contributed by atoms with E-state index in [9.17, 15) is 13.9 Å². The first kappa shape index (κ1) is 15.0. The second kappa shape index (κ2) is 6.86. The molecule has 106 valence electrons. The molecule has 20 heavy (non-hydrogen) atoms. The van der Waals surface area contributed by atoms with Crippen LogP contribution in [0.2, 0.25) is 0 Å². The third-order valence-corrected chi connectivity index (χ3v) is 4.24. The summed E-state index contributed by atoms with van der Waals surface area (Å²) in [5.74, 6) is -0.735. The SMILES string of the molecule is Cc1ccccc1SCC(O)Cc1cc(F)cc(F)c1. The van der Waals surface area contributed by atoms with Crippen LogP contribution in [-0.4, -0.2) is 17.0 Å². The number of benzene rings is 2. The molecule has 2 aromatic carbocycles. The van der Waals surface area contributed by atoms with Gasteiger partial charge >= 0.3 is 0 Å². The molecule has 2 aromatic rings. The predicted octanol–water partition coefficient (Wildman–Crippen LogP) is 3.97. The van der Waals surface area contributed by atoms with Gasteiger partial charge in [0.05, 0.1) is 6.10 Å². The van der Waals surface area contributed by atoms with Crippen molar-refractivity contribution in [2.24, 2.45) is 0 Å². The van der Waals surface area contributed by atoms with Gasteiger partial charge in [0.25, 0.3) is 0 Å². The van der Waals surface area contributed by atoms with E-state index in [1.54, 1.807) is 11.8 Å². The summed E-state index contributed by atoms with van der Waals surface area (Å²) in [6, 6.07) is 11.3. The van der Waals surface area contributed by atoms with Crippen LogP contribution in [0.5, 0.6) is 0 Å². The predicted molar refractivity (Wildman–Crippen MR) is 78.0 cm³/mol. The van der Waals surface area contributed by atoms with E-state index in [4.69, 9.17) is 0 Å². The molecule has 1 N–H and O–H groups in total. The molecular weight excluding hydrogens is 278 g/mol. The van der Waals surface area contributed by atoms with Crippen LogP contribution in [0.25, 0.3) is 0 Å². The highest BCUT2D eigenvalue weighted by molar-refractivity contribution is 7.99. The lowest BCUT2D eigenvalue weighted by Gasteiger charge is -2.11. The summed E-state index contributed by atoms with van der Waals surface area (Å²) in [5, 5.41) is 9.97. The minimum atomic E-state index is -0.638. The molecule has 0 saturated carbocycles. The van der Waals surface area contributed by atoms with Crippen molar-refractivity contribution in [1.29, 1.82) is 0 Å². The third kappa shape index (κ3) is 4.32. The number of aliphatic hydroxyl groups excluding tert-OH is 1. The van der Waals surface area contributed by atoms with Crippen molar-refractivity contribution < 1.29 is 13.9 Å². The van der Waals surface area contributed by atoms with E-state index in [2.05, 4.69) is 0 Å². The molecule has 0 aliphatic rings. The van der Waals surface area contributed by atoms with Gasteiger partial charge in [-0.25, -0.2) is 8.78 Å². The smallest absolute Gasteiger partial charge is 0.126 e. The quantitative estimate of drug-likeness (QED) is 0.842. The molecule has 1 atom stereocenters. The topological polar surface area (TPSA) is 20.2 Å². The van der Waals surface area contributed by atoms with Crippen LogP contribution >= 0.6 is 11.8 Å². The molecule has 0 fully saturated rings. The fraction of sp³-hybridized carbons (Fsp3) is 0.250. The minimum Gasteiger partial charge on any atom is -0.392 e. The first-order valence-electron chi connectivity index (χ1n) is 6.36. The lowest BCUT2D eigenvalue weighted by molar-refractivity contribution is 0.200. The maximum absolute atomic E-state index is 13.1. The van der Waals surface area contributed by atoms with Gasteiger partial charge < -0.3 is 5.11 Å². The average Bonchev–Trinajstić information content (AvgIpc) is 2.36. The lowest BCUT2D eigenvalue weighted by atomic mass is 10.1. The van der Waals surface area contributed by atoms with Crippen molar-refractivity contribution in [2.45, 2.75) is 24.3 Å². The number of aryl methyl sites for hydroxylation is 1. The van der Waals surface area contributed by atoms with Crippen LogP contribution in [0.15, 0.2) is 47.4 Å². The highest BCUT2D eigenvalue weighted by Crippen LogP contribution is 2.23. The molecular formula is C16H16F2OS. The van der Waals surface area contributed by atoms with Gasteiger partial charge in [0.2, 0.25) is 0 Å². The minimum absolute atomic E-state index is 0.244. The Bertz CT molecular complexity index is 566. The van der Waals surface area contributed by atoms with Crippen molar-refractivity contribution in [3.8, 4) is 0 Å². The maximum atomic E-state index is 13.1. The van der Waals surface area contributed by atoms with E-state index >= 15 is 0 Å². The molecule has 0 saturated heterocycles. The van der Waals surface area contributed by atoms with E-state index in [1.807, 2.05) is 31.2 Å². The first-order valence-corrected chi connectivity index (χ1v) is 7.34. The number of halogens is 2. The van der Waals surface area contributed by atoms with Crippen LogP contribution in [0.3, 0.4) is 0 Å². The Morgan fingerprint density at radius 3 is 2.40 bits per heavy atom. The van der Waals surface area contributed by atoms with Crippen LogP contribution in [0.4, 0.5) is 8.78 Å². The zero-order valence-electron chi connectivity index (χ0n) is 11.1. The van der Waals surface area contributed by atoms with Crippen molar-refractivity contribution in [2.75, 3.05) is 5.75 Å². The Morgan fingerprint density at radius 1 is 1.10 bits per heavy atom. The summed E-state index contributed by atoms with van der Waals surface area (Å²) >= 11 is 1.55. The number of aliphatic hydroxyl groups is 1. The Labute approximate surface area is 121 Å². The third-order valence-electron chi connectivity index (χ3n) is 2.92. The Morgan fingerprint density at radius 2 is 1.75 bits per heavy atom. The van der Waals surface area contributed by atoms with Crippen molar-refractivity contribution in [3.63, 3.8) is 0 Å². The van der Waals surface area contributed by atoms with E-state index in [0.717, 1.165) is 16.5 Å². The summed E-state index contributed by atoms with van der Waals surface area (Å²) in [6.45, 7) is 2.01. The second-order valence-corrected chi connectivity index (χ2v) is 5.77. The second-order valence-electron chi connectivity index (χ2n) is 4.71. The van der Waals surface area contributed by atoms with Gasteiger partial charge in [0.15, 0.2) is 0 Å². The van der Waals surface area contributed by atoms with Gasteiger partial charge in [-0.3, -0.25) is 0 Å². The van der Waals surface area contributed by atoms with Crippen LogP contribution in [-0.2, 0) is 6.42 Å². The highest BCUT2D eigenvalue weighted by Gasteiger charge is 2.09. The normalized spacial score (nSPS) is 12.4. The molecule has 0 amide bonds. The van der Waals surface area contributed by atoms with Crippen LogP contribution in [0.1, 0.15) is 11.1 Å².